The minimum Gasteiger partial charge on any atom is -0.372 e. The molecule has 44 heavy (non-hydrogen) atoms. The van der Waals surface area contributed by atoms with Gasteiger partial charge in [-0.25, -0.2) is 0 Å². The second-order valence-corrected chi connectivity index (χ2v) is 11.3. The molecule has 3 aromatic carbocycles. The smallest absolute Gasteiger partial charge is 0.245 e. The number of aliphatic imine (C=N–C) groups is 1. The van der Waals surface area contributed by atoms with Gasteiger partial charge in [0.15, 0.2) is 5.96 Å². The number of amides is 3. The van der Waals surface area contributed by atoms with Crippen molar-refractivity contribution in [1.82, 2.24) is 10.2 Å². The molecule has 234 valence electrons. The summed E-state index contributed by atoms with van der Waals surface area (Å²) in [6, 6.07) is 21.9. The van der Waals surface area contributed by atoms with E-state index in [1.165, 1.54) is 0 Å². The topological polar surface area (TPSA) is 192 Å². The summed E-state index contributed by atoms with van der Waals surface area (Å²) in [5, 5.41) is 5.16. The molecule has 1 heterocycles. The van der Waals surface area contributed by atoms with Gasteiger partial charge in [0.25, 0.3) is 0 Å². The molecule has 4 atom stereocenters. The van der Waals surface area contributed by atoms with Crippen molar-refractivity contribution in [3.8, 4) is 0 Å². The number of benzene rings is 3. The van der Waals surface area contributed by atoms with Crippen molar-refractivity contribution < 1.29 is 19.1 Å². The lowest BCUT2D eigenvalue weighted by atomic mass is 10.0. The van der Waals surface area contributed by atoms with Gasteiger partial charge in [0.1, 0.15) is 6.04 Å². The van der Waals surface area contributed by atoms with Crippen LogP contribution >= 0.6 is 0 Å². The van der Waals surface area contributed by atoms with E-state index in [1.807, 2.05) is 47.4 Å². The highest BCUT2D eigenvalue weighted by atomic mass is 16.5. The second-order valence-electron chi connectivity index (χ2n) is 11.3. The maximum atomic E-state index is 14.2. The highest BCUT2D eigenvalue weighted by Gasteiger charge is 2.39. The van der Waals surface area contributed by atoms with Crippen LogP contribution in [-0.4, -0.2) is 65.9 Å². The highest BCUT2D eigenvalue weighted by Crippen LogP contribution is 2.27. The molecule has 0 aliphatic carbocycles. The van der Waals surface area contributed by atoms with E-state index in [1.54, 1.807) is 0 Å². The largest absolute Gasteiger partial charge is 0.372 e. The van der Waals surface area contributed by atoms with E-state index in [2.05, 4.69) is 40.6 Å². The van der Waals surface area contributed by atoms with Crippen molar-refractivity contribution in [2.75, 3.05) is 13.1 Å². The van der Waals surface area contributed by atoms with Gasteiger partial charge in [-0.1, -0.05) is 66.7 Å². The number of fused-ring (bicyclic) bond motifs is 1. The predicted octanol–water partition coefficient (Wildman–Crippen LogP) is 1.70. The fourth-order valence-electron chi connectivity index (χ4n) is 5.57. The lowest BCUT2D eigenvalue weighted by Crippen LogP contribution is -2.54. The summed E-state index contributed by atoms with van der Waals surface area (Å²) in [6.07, 6.45) is 2.16. The van der Waals surface area contributed by atoms with Crippen LogP contribution in [-0.2, 0) is 32.1 Å². The molecule has 1 fully saturated rings. The third kappa shape index (κ3) is 9.51. The minimum atomic E-state index is -0.972. The third-order valence-electron chi connectivity index (χ3n) is 7.88. The van der Waals surface area contributed by atoms with Crippen molar-refractivity contribution in [3.63, 3.8) is 0 Å². The predicted molar refractivity (Wildman–Crippen MR) is 171 cm³/mol. The first-order valence-electron chi connectivity index (χ1n) is 15.0. The fourth-order valence-corrected chi connectivity index (χ4v) is 5.57. The Kier molecular flexibility index (Phi) is 11.7. The molecule has 1 aliphatic rings. The van der Waals surface area contributed by atoms with Crippen molar-refractivity contribution in [2.45, 2.75) is 69.4 Å². The van der Waals surface area contributed by atoms with Crippen LogP contribution in [0.2, 0.25) is 0 Å². The Morgan fingerprint density at radius 1 is 0.955 bits per heavy atom. The molecule has 9 N–H and O–H groups in total. The van der Waals surface area contributed by atoms with E-state index >= 15 is 0 Å². The van der Waals surface area contributed by atoms with Crippen molar-refractivity contribution in [2.24, 2.45) is 27.9 Å². The molecule has 11 nitrogen and oxygen atoms in total. The number of nitrogens with zero attached hydrogens (tertiary/aromatic N) is 2. The van der Waals surface area contributed by atoms with Gasteiger partial charge < -0.3 is 37.9 Å². The fraction of sp³-hybridized carbons (Fsp3) is 0.394. The number of likely N-dealkylation sites (tertiary alicyclic amines) is 1. The number of hydrogen-bond acceptors (Lipinski definition) is 6. The van der Waals surface area contributed by atoms with Crippen LogP contribution in [0.4, 0.5) is 0 Å². The highest BCUT2D eigenvalue weighted by molar-refractivity contribution is 5.90. The third-order valence-corrected chi connectivity index (χ3v) is 7.88. The number of carbonyl (C=O) groups is 3. The summed E-state index contributed by atoms with van der Waals surface area (Å²) in [7, 11) is 0. The Bertz CT molecular complexity index is 1440. The van der Waals surface area contributed by atoms with E-state index in [0.29, 0.717) is 39.0 Å². The molecular weight excluding hydrogens is 558 g/mol. The molecule has 3 amide bonds. The van der Waals surface area contributed by atoms with E-state index in [0.717, 1.165) is 21.9 Å². The summed E-state index contributed by atoms with van der Waals surface area (Å²) in [4.78, 5) is 44.3. The maximum Gasteiger partial charge on any atom is 0.245 e. The van der Waals surface area contributed by atoms with Gasteiger partial charge in [-0.2, -0.15) is 0 Å². The average Bonchev–Trinajstić information content (AvgIpc) is 3.43. The van der Waals surface area contributed by atoms with Crippen molar-refractivity contribution >= 4 is 34.5 Å². The molecule has 1 saturated heterocycles. The first kappa shape index (κ1) is 32.4. The Balaban J connectivity index is 1.49. The monoisotopic (exact) mass is 601 g/mol. The number of primary amides is 1. The van der Waals surface area contributed by atoms with Gasteiger partial charge in [0.05, 0.1) is 18.8 Å². The van der Waals surface area contributed by atoms with E-state index in [-0.39, 0.29) is 43.3 Å². The Morgan fingerprint density at radius 3 is 2.41 bits per heavy atom. The lowest BCUT2D eigenvalue weighted by molar-refractivity contribution is -0.138. The zero-order valence-corrected chi connectivity index (χ0v) is 24.9. The van der Waals surface area contributed by atoms with Crippen molar-refractivity contribution in [3.05, 3.63) is 83.9 Å². The summed E-state index contributed by atoms with van der Waals surface area (Å²) in [5.74, 6) is -1.24. The van der Waals surface area contributed by atoms with Crippen LogP contribution in [0.25, 0.3) is 10.8 Å². The van der Waals surface area contributed by atoms with E-state index in [4.69, 9.17) is 27.7 Å². The van der Waals surface area contributed by atoms with Crippen LogP contribution in [0, 0.1) is 0 Å². The first-order valence-corrected chi connectivity index (χ1v) is 15.0. The molecule has 0 bridgehead atoms. The molecule has 0 aromatic heterocycles. The molecule has 0 saturated carbocycles. The molecule has 0 radical (unpaired) electrons. The minimum absolute atomic E-state index is 0.0217. The van der Waals surface area contributed by atoms with Crippen LogP contribution < -0.4 is 28.3 Å². The van der Waals surface area contributed by atoms with E-state index < -0.39 is 23.9 Å². The van der Waals surface area contributed by atoms with Crippen LogP contribution in [0.3, 0.4) is 0 Å². The Morgan fingerprint density at radius 2 is 1.68 bits per heavy atom. The molecule has 1 aliphatic heterocycles. The van der Waals surface area contributed by atoms with Gasteiger partial charge in [-0.3, -0.25) is 19.4 Å². The standard InChI is InChI=1S/C33H43N7O4/c34-28(14-15-30(35)41)31(42)39-29(18-22-7-2-1-3-8-22)32(43)40-20-27(19-26(40)11-6-16-38-33(36)37)44-21-23-12-13-24-9-4-5-10-25(24)17-23/h1-5,7-10,12-13,17,26-29H,6,11,14-16,18-21,34H2,(H2,35,41)(H,39,42)(H4,36,37,38)/t26-,27+,28+,29+/m0/s1. The molecule has 11 heteroatoms. The van der Waals surface area contributed by atoms with E-state index in [9.17, 15) is 14.4 Å². The number of rotatable bonds is 15. The summed E-state index contributed by atoms with van der Waals surface area (Å²) < 4.78 is 6.35. The second kappa shape index (κ2) is 15.8. The number of ether oxygens (including phenoxy) is 1. The zero-order valence-electron chi connectivity index (χ0n) is 24.9. The maximum absolute atomic E-state index is 14.2. The molecule has 0 unspecified atom stereocenters. The first-order chi connectivity index (χ1) is 21.2. The molecule has 4 rings (SSSR count). The molecule has 0 spiro atoms. The van der Waals surface area contributed by atoms with Gasteiger partial charge in [0, 0.05) is 32.0 Å². The normalized spacial score (nSPS) is 17.6. The number of nitrogens with two attached hydrogens (primary N) is 4. The molecule has 3 aromatic rings. The number of carbonyl (C=O) groups excluding carboxylic acids is 3. The molecular formula is C33H43N7O4. The number of hydrogen-bond donors (Lipinski definition) is 5. The Hall–Kier alpha value is -4.48. The SMILES string of the molecule is NC(=O)CC[C@@H](N)C(=O)N[C@H](Cc1ccccc1)C(=O)N1C[C@H](OCc2ccc3ccccc3c2)C[C@@H]1CCCN=C(N)N. The number of nitrogens with one attached hydrogen (secondary N) is 1. The van der Waals surface area contributed by atoms with Gasteiger partial charge in [0.2, 0.25) is 17.7 Å². The van der Waals surface area contributed by atoms with Crippen LogP contribution in [0.5, 0.6) is 0 Å². The summed E-state index contributed by atoms with van der Waals surface area (Å²) >= 11 is 0. The van der Waals surface area contributed by atoms with Gasteiger partial charge in [-0.05, 0) is 53.6 Å². The summed E-state index contributed by atoms with van der Waals surface area (Å²) in [6.45, 7) is 1.24. The quantitative estimate of drug-likeness (QED) is 0.0994. The Labute approximate surface area is 258 Å². The van der Waals surface area contributed by atoms with Crippen LogP contribution in [0.1, 0.15) is 43.2 Å². The van der Waals surface area contributed by atoms with Crippen LogP contribution in [0.15, 0.2) is 77.8 Å². The average molecular weight is 602 g/mol. The van der Waals surface area contributed by atoms with Gasteiger partial charge >= 0.3 is 0 Å². The van der Waals surface area contributed by atoms with Crippen molar-refractivity contribution in [1.29, 1.82) is 0 Å². The summed E-state index contributed by atoms with van der Waals surface area (Å²) in [5.41, 5.74) is 24.2. The van der Waals surface area contributed by atoms with Gasteiger partial charge in [-0.15, -0.1) is 0 Å². The lowest BCUT2D eigenvalue weighted by Gasteiger charge is -2.30. The zero-order chi connectivity index (χ0) is 31.5. The number of guanidine groups is 1.